The number of halogens is 7. The average Bonchev–Trinajstić information content (AvgIpc) is 3.19. The molecule has 0 aliphatic carbocycles. The van der Waals surface area contributed by atoms with E-state index >= 15 is 0 Å². The van der Waals surface area contributed by atoms with Gasteiger partial charge in [-0.3, -0.25) is 9.59 Å². The Kier molecular flexibility index (Phi) is 13.9. The summed E-state index contributed by atoms with van der Waals surface area (Å²) < 4.78 is 95.4. The normalized spacial score (nSPS) is 10.8. The van der Waals surface area contributed by atoms with Crippen LogP contribution in [-0.2, 0) is 15.8 Å². The summed E-state index contributed by atoms with van der Waals surface area (Å²) >= 11 is 0. The van der Waals surface area contributed by atoms with Gasteiger partial charge in [0.15, 0.2) is 11.6 Å². The summed E-state index contributed by atoms with van der Waals surface area (Å²) in [6.07, 6.45) is -5.67. The summed E-state index contributed by atoms with van der Waals surface area (Å²) in [5.41, 5.74) is 1.39. The highest BCUT2D eigenvalue weighted by molar-refractivity contribution is 5.99. The lowest BCUT2D eigenvalue weighted by Gasteiger charge is -2.15. The summed E-state index contributed by atoms with van der Waals surface area (Å²) in [6, 6.07) is 26.5. The van der Waals surface area contributed by atoms with Crippen molar-refractivity contribution in [1.29, 1.82) is 0 Å². The summed E-state index contributed by atoms with van der Waals surface area (Å²) in [6.45, 7) is 6.71. The lowest BCUT2D eigenvalue weighted by Crippen LogP contribution is -2.17. The zero-order valence-corrected chi connectivity index (χ0v) is 30.7. The molecule has 0 bridgehead atoms. The number of anilines is 10. The van der Waals surface area contributed by atoms with E-state index in [0.29, 0.717) is 34.6 Å². The standard InChI is InChI=1S/C20H15F4N5O2.C20H16F3N5O/c1-2-17(30)26-12-5-3-6-13(9-12)27-18-16(21)11-25-19(29-18)28-14-7-4-8-15(10-14)31-20(22,23)24;1-2-17(29)25-14-9-6-10-15(11-14)26-18-16(20(21,22)23)12-24-19(28-18)27-13-7-4-3-5-8-13/h2-11H,1H2,(H,26,30)(H2,25,27,28,29);2-12H,1H2,(H,25,29)(H2,24,26,27,28). The second kappa shape index (κ2) is 19.4. The van der Waals surface area contributed by atoms with Crippen molar-refractivity contribution in [1.82, 2.24) is 19.9 Å². The van der Waals surface area contributed by atoms with Crippen molar-refractivity contribution in [2.24, 2.45) is 0 Å². The van der Waals surface area contributed by atoms with Crippen LogP contribution in [0, 0.1) is 5.82 Å². The summed E-state index contributed by atoms with van der Waals surface area (Å²) in [5.74, 6) is -2.71. The first kappa shape index (κ1) is 43.1. The fourth-order valence-corrected chi connectivity index (χ4v) is 4.82. The highest BCUT2D eigenvalue weighted by Gasteiger charge is 2.35. The molecular weight excluding hydrogens is 801 g/mol. The van der Waals surface area contributed by atoms with Crippen LogP contribution in [0.5, 0.6) is 5.75 Å². The lowest BCUT2D eigenvalue weighted by molar-refractivity contribution is -0.274. The first-order chi connectivity index (χ1) is 28.6. The smallest absolute Gasteiger partial charge is 0.406 e. The van der Waals surface area contributed by atoms with E-state index in [2.05, 4.69) is 69.7 Å². The van der Waals surface area contributed by atoms with Crippen molar-refractivity contribution in [2.45, 2.75) is 12.5 Å². The van der Waals surface area contributed by atoms with Crippen LogP contribution in [0.3, 0.4) is 0 Å². The summed E-state index contributed by atoms with van der Waals surface area (Å²) in [4.78, 5) is 38.4. The van der Waals surface area contributed by atoms with E-state index in [1.165, 1.54) is 18.2 Å². The predicted octanol–water partition coefficient (Wildman–Crippen LogP) is 10.2. The molecule has 2 heterocycles. The number of ether oxygens (including phenoxy) is 1. The Morgan fingerprint density at radius 1 is 0.567 bits per heavy atom. The highest BCUT2D eigenvalue weighted by Crippen LogP contribution is 2.36. The molecule has 20 heteroatoms. The molecule has 0 saturated heterocycles. The number of rotatable bonds is 13. The van der Waals surface area contributed by atoms with Gasteiger partial charge in [-0.25, -0.2) is 14.4 Å². The molecule has 0 atom stereocenters. The fourth-order valence-electron chi connectivity index (χ4n) is 4.82. The molecule has 6 N–H and O–H groups in total. The number of amides is 2. The van der Waals surface area contributed by atoms with E-state index < -0.39 is 47.3 Å². The molecule has 6 rings (SSSR count). The lowest BCUT2D eigenvalue weighted by atomic mass is 10.2. The van der Waals surface area contributed by atoms with Crippen LogP contribution < -0.4 is 36.6 Å². The van der Waals surface area contributed by atoms with Crippen molar-refractivity contribution in [3.8, 4) is 5.75 Å². The highest BCUT2D eigenvalue weighted by atomic mass is 19.4. The fraction of sp³-hybridized carbons (Fsp3) is 0.0500. The van der Waals surface area contributed by atoms with E-state index in [1.807, 2.05) is 6.07 Å². The van der Waals surface area contributed by atoms with Crippen LogP contribution in [0.15, 0.2) is 141 Å². The first-order valence-corrected chi connectivity index (χ1v) is 17.1. The number of nitrogens with one attached hydrogen (secondary N) is 6. The van der Waals surface area contributed by atoms with Gasteiger partial charge >= 0.3 is 12.5 Å². The Morgan fingerprint density at radius 2 is 1.03 bits per heavy atom. The van der Waals surface area contributed by atoms with Gasteiger partial charge in [0.1, 0.15) is 17.1 Å². The zero-order valence-electron chi connectivity index (χ0n) is 30.7. The van der Waals surface area contributed by atoms with Gasteiger partial charge in [-0.1, -0.05) is 49.6 Å². The van der Waals surface area contributed by atoms with Gasteiger partial charge in [-0.2, -0.15) is 23.1 Å². The van der Waals surface area contributed by atoms with E-state index in [0.717, 1.165) is 30.5 Å². The third-order valence-corrected chi connectivity index (χ3v) is 7.35. The zero-order chi connectivity index (χ0) is 43.3. The van der Waals surface area contributed by atoms with Crippen molar-refractivity contribution >= 4 is 69.5 Å². The quantitative estimate of drug-likeness (QED) is 0.0484. The maximum absolute atomic E-state index is 14.2. The molecule has 4 aromatic carbocycles. The second-order valence-corrected chi connectivity index (χ2v) is 11.8. The van der Waals surface area contributed by atoms with Crippen LogP contribution >= 0.6 is 0 Å². The molecule has 0 aliphatic rings. The van der Waals surface area contributed by atoms with Crippen LogP contribution in [-0.4, -0.2) is 38.1 Å². The van der Waals surface area contributed by atoms with Crippen LogP contribution in [0.4, 0.5) is 88.4 Å². The molecule has 6 aromatic rings. The third kappa shape index (κ3) is 13.3. The molecule has 0 unspecified atom stereocenters. The Labute approximate surface area is 336 Å². The molecule has 0 spiro atoms. The third-order valence-electron chi connectivity index (χ3n) is 7.35. The average molecular weight is 833 g/mol. The summed E-state index contributed by atoms with van der Waals surface area (Å²) in [5, 5.41) is 16.1. The topological polar surface area (TPSA) is 167 Å². The van der Waals surface area contributed by atoms with Crippen molar-refractivity contribution in [3.63, 3.8) is 0 Å². The SMILES string of the molecule is C=CC(=O)Nc1cccc(Nc2nc(Nc3cccc(OC(F)(F)F)c3)ncc2F)c1.C=CC(=O)Nc1cccc(Nc2nc(Nc3ccccc3)ncc2C(F)(F)F)c1. The predicted molar refractivity (Wildman–Crippen MR) is 212 cm³/mol. The number of carbonyl (C=O) groups is 2. The Morgan fingerprint density at radius 3 is 1.58 bits per heavy atom. The Hall–Kier alpha value is -8.03. The summed E-state index contributed by atoms with van der Waals surface area (Å²) in [7, 11) is 0. The minimum Gasteiger partial charge on any atom is -0.406 e. The maximum Gasteiger partial charge on any atom is 0.573 e. The molecule has 0 saturated carbocycles. The molecule has 0 fully saturated rings. The van der Waals surface area contributed by atoms with Crippen molar-refractivity contribution in [2.75, 3.05) is 31.9 Å². The second-order valence-electron chi connectivity index (χ2n) is 11.8. The van der Waals surface area contributed by atoms with Crippen molar-refractivity contribution in [3.05, 3.63) is 152 Å². The first-order valence-electron chi connectivity index (χ1n) is 17.1. The van der Waals surface area contributed by atoms with Crippen LogP contribution in [0.2, 0.25) is 0 Å². The number of hydrogen-bond donors (Lipinski definition) is 6. The van der Waals surface area contributed by atoms with Gasteiger partial charge in [0.05, 0.1) is 6.20 Å². The molecule has 13 nitrogen and oxygen atoms in total. The number of alkyl halides is 6. The number of para-hydroxylation sites is 1. The number of nitrogens with zero attached hydrogens (tertiary/aromatic N) is 4. The van der Waals surface area contributed by atoms with Crippen LogP contribution in [0.25, 0.3) is 0 Å². The van der Waals surface area contributed by atoms with Crippen molar-refractivity contribution < 1.29 is 45.1 Å². The van der Waals surface area contributed by atoms with Gasteiger partial charge < -0.3 is 36.6 Å². The van der Waals surface area contributed by atoms with Gasteiger partial charge in [-0.15, -0.1) is 13.2 Å². The maximum atomic E-state index is 14.2. The molecule has 60 heavy (non-hydrogen) atoms. The van der Waals surface area contributed by atoms with Gasteiger partial charge in [0.2, 0.25) is 23.7 Å². The van der Waals surface area contributed by atoms with Gasteiger partial charge in [-0.05, 0) is 72.8 Å². The number of hydrogen-bond acceptors (Lipinski definition) is 11. The molecule has 308 valence electrons. The monoisotopic (exact) mass is 832 g/mol. The number of aromatic nitrogens is 4. The molecular formula is C40H31F7N10O3. The van der Waals surface area contributed by atoms with E-state index in [9.17, 15) is 40.3 Å². The Bertz CT molecular complexity index is 2470. The largest absolute Gasteiger partial charge is 0.573 e. The molecule has 2 amide bonds. The van der Waals surface area contributed by atoms with E-state index in [4.69, 9.17) is 0 Å². The minimum atomic E-state index is -4.83. The minimum absolute atomic E-state index is 0.00261. The van der Waals surface area contributed by atoms with E-state index in [1.54, 1.807) is 66.7 Å². The molecule has 0 radical (unpaired) electrons. The number of carbonyl (C=O) groups excluding carboxylic acids is 2. The number of benzene rings is 4. The molecule has 2 aromatic heterocycles. The van der Waals surface area contributed by atoms with Crippen LogP contribution in [0.1, 0.15) is 5.56 Å². The van der Waals surface area contributed by atoms with Gasteiger partial charge in [0, 0.05) is 46.4 Å². The Balaban J connectivity index is 0.000000228. The van der Waals surface area contributed by atoms with Gasteiger partial charge in [0.25, 0.3) is 0 Å². The molecule has 0 aliphatic heterocycles. The van der Waals surface area contributed by atoms with E-state index in [-0.39, 0.29) is 23.4 Å².